The van der Waals surface area contributed by atoms with Gasteiger partial charge in [-0.15, -0.1) is 0 Å². The topological polar surface area (TPSA) is 76.1 Å². The molecule has 0 aliphatic heterocycles. The highest BCUT2D eigenvalue weighted by atomic mass is 16.5. The van der Waals surface area contributed by atoms with Gasteiger partial charge in [0.15, 0.2) is 0 Å². The third-order valence-electron chi connectivity index (χ3n) is 3.29. The van der Waals surface area contributed by atoms with Crippen molar-refractivity contribution in [1.82, 2.24) is 4.90 Å². The second-order valence-electron chi connectivity index (χ2n) is 4.74. The Balaban J connectivity index is 4.82. The van der Waals surface area contributed by atoms with E-state index >= 15 is 0 Å². The normalized spacial score (nSPS) is 15.6. The number of amides is 1. The van der Waals surface area contributed by atoms with E-state index in [1.165, 1.54) is 0 Å². The van der Waals surface area contributed by atoms with Crippen LogP contribution in [-0.2, 0) is 19.1 Å². The van der Waals surface area contributed by atoms with Gasteiger partial charge in [-0.05, 0) is 6.92 Å². The molecule has 0 rings (SSSR count). The van der Waals surface area contributed by atoms with Crippen molar-refractivity contribution in [1.29, 1.82) is 0 Å². The van der Waals surface area contributed by atoms with Crippen LogP contribution in [0.1, 0.15) is 20.8 Å². The summed E-state index contributed by atoms with van der Waals surface area (Å²) in [7, 11) is 3.13. The number of carbonyl (C=O) groups is 2. The van der Waals surface area contributed by atoms with Crippen molar-refractivity contribution in [2.45, 2.75) is 26.8 Å². The number of hydrogen-bond acceptors (Lipinski definition) is 4. The third-order valence-corrected chi connectivity index (χ3v) is 3.29. The van der Waals surface area contributed by atoms with Crippen molar-refractivity contribution >= 4 is 11.9 Å². The van der Waals surface area contributed by atoms with Crippen LogP contribution in [0.3, 0.4) is 0 Å². The van der Waals surface area contributed by atoms with Crippen LogP contribution in [0.5, 0.6) is 0 Å². The van der Waals surface area contributed by atoms with E-state index in [4.69, 9.17) is 14.6 Å². The molecule has 112 valence electrons. The van der Waals surface area contributed by atoms with Gasteiger partial charge in [-0.1, -0.05) is 13.8 Å². The van der Waals surface area contributed by atoms with Crippen LogP contribution >= 0.6 is 0 Å². The highest BCUT2D eigenvalue weighted by molar-refractivity contribution is 5.84. The van der Waals surface area contributed by atoms with E-state index in [9.17, 15) is 9.59 Å². The number of carboxylic acids is 1. The number of carboxylic acid groups (broad SMARTS) is 1. The standard InChI is InChI=1S/C13H25NO5/c1-9(8-19-5)14(6-7-18-4)12(15)10(2)11(3)13(16)17/h9-11H,6-8H2,1-5H3,(H,16,17). The van der Waals surface area contributed by atoms with Crippen LogP contribution in [0.15, 0.2) is 0 Å². The molecule has 6 nitrogen and oxygen atoms in total. The molecule has 3 atom stereocenters. The molecule has 0 bridgehead atoms. The van der Waals surface area contributed by atoms with Crippen molar-refractivity contribution in [3.05, 3.63) is 0 Å². The number of carbonyl (C=O) groups excluding carboxylic acids is 1. The van der Waals surface area contributed by atoms with Crippen molar-refractivity contribution in [3.8, 4) is 0 Å². The fourth-order valence-electron chi connectivity index (χ4n) is 1.76. The smallest absolute Gasteiger partial charge is 0.307 e. The fourth-order valence-corrected chi connectivity index (χ4v) is 1.76. The first-order valence-electron chi connectivity index (χ1n) is 6.37. The number of nitrogens with zero attached hydrogens (tertiary/aromatic N) is 1. The summed E-state index contributed by atoms with van der Waals surface area (Å²) in [5.74, 6) is -2.44. The molecule has 19 heavy (non-hydrogen) atoms. The van der Waals surface area contributed by atoms with Crippen LogP contribution in [0.2, 0.25) is 0 Å². The van der Waals surface area contributed by atoms with Gasteiger partial charge in [0.25, 0.3) is 0 Å². The molecule has 0 aliphatic carbocycles. The van der Waals surface area contributed by atoms with E-state index in [1.54, 1.807) is 33.0 Å². The predicted molar refractivity (Wildman–Crippen MR) is 70.9 cm³/mol. The quantitative estimate of drug-likeness (QED) is 0.675. The number of rotatable bonds is 9. The first-order chi connectivity index (χ1) is 8.86. The first-order valence-corrected chi connectivity index (χ1v) is 6.37. The lowest BCUT2D eigenvalue weighted by atomic mass is 9.94. The SMILES string of the molecule is COCCN(C(=O)C(C)C(C)C(=O)O)C(C)COC. The molecule has 0 radical (unpaired) electrons. The molecule has 0 saturated heterocycles. The van der Waals surface area contributed by atoms with Gasteiger partial charge in [0.05, 0.1) is 25.2 Å². The molecule has 0 aliphatic rings. The molecule has 0 fully saturated rings. The second-order valence-corrected chi connectivity index (χ2v) is 4.74. The largest absolute Gasteiger partial charge is 0.481 e. The highest BCUT2D eigenvalue weighted by Gasteiger charge is 2.31. The Morgan fingerprint density at radius 3 is 2.11 bits per heavy atom. The van der Waals surface area contributed by atoms with E-state index < -0.39 is 17.8 Å². The van der Waals surface area contributed by atoms with Gasteiger partial charge in [-0.3, -0.25) is 9.59 Å². The van der Waals surface area contributed by atoms with Gasteiger partial charge in [0, 0.05) is 26.7 Å². The zero-order valence-electron chi connectivity index (χ0n) is 12.4. The van der Waals surface area contributed by atoms with Crippen molar-refractivity contribution in [2.75, 3.05) is 34.0 Å². The summed E-state index contributed by atoms with van der Waals surface area (Å²) in [4.78, 5) is 24.9. The van der Waals surface area contributed by atoms with Crippen molar-refractivity contribution in [2.24, 2.45) is 11.8 Å². The van der Waals surface area contributed by atoms with Gasteiger partial charge in [-0.2, -0.15) is 0 Å². The van der Waals surface area contributed by atoms with Gasteiger partial charge in [0.1, 0.15) is 0 Å². The molecule has 0 spiro atoms. The third kappa shape index (κ3) is 5.57. The Morgan fingerprint density at radius 1 is 1.11 bits per heavy atom. The maximum absolute atomic E-state index is 12.4. The summed E-state index contributed by atoms with van der Waals surface area (Å²) in [6.07, 6.45) is 0. The van der Waals surface area contributed by atoms with Crippen molar-refractivity contribution < 1.29 is 24.2 Å². The Kier molecular flexibility index (Phi) is 8.34. The molecule has 0 aromatic carbocycles. The number of methoxy groups -OCH3 is 2. The van der Waals surface area contributed by atoms with E-state index in [-0.39, 0.29) is 11.9 Å². The van der Waals surface area contributed by atoms with Gasteiger partial charge in [0.2, 0.25) is 5.91 Å². The first kappa shape index (κ1) is 17.9. The molecular weight excluding hydrogens is 250 g/mol. The van der Waals surface area contributed by atoms with Gasteiger partial charge < -0.3 is 19.5 Å². The second kappa shape index (κ2) is 8.87. The molecule has 0 aromatic rings. The Hall–Kier alpha value is -1.14. The molecule has 1 N–H and O–H groups in total. The van der Waals surface area contributed by atoms with Crippen molar-refractivity contribution in [3.63, 3.8) is 0 Å². The van der Waals surface area contributed by atoms with Crippen LogP contribution in [0, 0.1) is 11.8 Å². The number of hydrogen-bond donors (Lipinski definition) is 1. The number of ether oxygens (including phenoxy) is 2. The van der Waals surface area contributed by atoms with Gasteiger partial charge in [-0.25, -0.2) is 0 Å². The Morgan fingerprint density at radius 2 is 1.68 bits per heavy atom. The predicted octanol–water partition coefficient (Wildman–Crippen LogP) is 0.853. The molecule has 3 unspecified atom stereocenters. The van der Waals surface area contributed by atoms with E-state index in [0.717, 1.165) is 0 Å². The summed E-state index contributed by atoms with van der Waals surface area (Å²) in [6, 6.07) is -0.115. The summed E-state index contributed by atoms with van der Waals surface area (Å²) in [5.41, 5.74) is 0. The van der Waals surface area contributed by atoms with Crippen LogP contribution in [0.25, 0.3) is 0 Å². The lowest BCUT2D eigenvalue weighted by Crippen LogP contribution is -2.47. The summed E-state index contributed by atoms with van der Waals surface area (Å²) in [6.45, 7) is 6.30. The van der Waals surface area contributed by atoms with Crippen LogP contribution in [-0.4, -0.2) is 61.9 Å². The van der Waals surface area contributed by atoms with E-state index in [1.807, 2.05) is 6.92 Å². The average Bonchev–Trinajstić information content (AvgIpc) is 2.37. The molecule has 0 heterocycles. The molecule has 0 saturated carbocycles. The monoisotopic (exact) mass is 275 g/mol. The Bertz CT molecular complexity index is 295. The highest BCUT2D eigenvalue weighted by Crippen LogP contribution is 2.16. The maximum Gasteiger partial charge on any atom is 0.307 e. The van der Waals surface area contributed by atoms with Crippen LogP contribution < -0.4 is 0 Å². The molecule has 0 aromatic heterocycles. The lowest BCUT2D eigenvalue weighted by Gasteiger charge is -2.32. The lowest BCUT2D eigenvalue weighted by molar-refractivity contribution is -0.150. The summed E-state index contributed by atoms with van der Waals surface area (Å²) in [5, 5.41) is 8.98. The van der Waals surface area contributed by atoms with E-state index in [2.05, 4.69) is 0 Å². The zero-order valence-corrected chi connectivity index (χ0v) is 12.4. The number of aliphatic carboxylic acids is 1. The maximum atomic E-state index is 12.4. The fraction of sp³-hybridized carbons (Fsp3) is 0.846. The summed E-state index contributed by atoms with van der Waals surface area (Å²) >= 11 is 0. The van der Waals surface area contributed by atoms with E-state index in [0.29, 0.717) is 19.8 Å². The van der Waals surface area contributed by atoms with Crippen LogP contribution in [0.4, 0.5) is 0 Å². The molecule has 6 heteroatoms. The van der Waals surface area contributed by atoms with Gasteiger partial charge >= 0.3 is 5.97 Å². The minimum Gasteiger partial charge on any atom is -0.481 e. The average molecular weight is 275 g/mol. The molecule has 1 amide bonds. The minimum atomic E-state index is -0.966. The molecular formula is C13H25NO5. The zero-order chi connectivity index (χ0) is 15.0. The summed E-state index contributed by atoms with van der Waals surface area (Å²) < 4.78 is 10.0. The minimum absolute atomic E-state index is 0.115. The Labute approximate surface area is 114 Å².